The van der Waals surface area contributed by atoms with Crippen LogP contribution < -0.4 is 5.32 Å². The molecule has 0 atom stereocenters. The SMILES string of the molecule is CCCc1nc(NCC)c(C)c(-c2nccn2C)n1. The molecule has 2 aromatic heterocycles. The van der Waals surface area contributed by atoms with Gasteiger partial charge in [0.15, 0.2) is 5.82 Å². The van der Waals surface area contributed by atoms with Gasteiger partial charge < -0.3 is 9.88 Å². The predicted octanol–water partition coefficient (Wildman–Crippen LogP) is 2.57. The van der Waals surface area contributed by atoms with Gasteiger partial charge in [-0.25, -0.2) is 15.0 Å². The fraction of sp³-hybridized carbons (Fsp3) is 0.500. The van der Waals surface area contributed by atoms with Crippen molar-refractivity contribution in [1.29, 1.82) is 0 Å². The average molecular weight is 259 g/mol. The Labute approximate surface area is 114 Å². The minimum Gasteiger partial charge on any atom is -0.370 e. The Hall–Kier alpha value is -1.91. The molecule has 0 bridgehead atoms. The highest BCUT2D eigenvalue weighted by Crippen LogP contribution is 2.24. The number of imidazole rings is 1. The van der Waals surface area contributed by atoms with E-state index in [4.69, 9.17) is 0 Å². The van der Waals surface area contributed by atoms with Crippen molar-refractivity contribution in [3.05, 3.63) is 23.8 Å². The van der Waals surface area contributed by atoms with Gasteiger partial charge in [0.1, 0.15) is 17.3 Å². The first-order valence-electron chi connectivity index (χ1n) is 6.76. The summed E-state index contributed by atoms with van der Waals surface area (Å²) in [5.74, 6) is 2.68. The molecule has 19 heavy (non-hydrogen) atoms. The lowest BCUT2D eigenvalue weighted by atomic mass is 10.2. The minimum absolute atomic E-state index is 0.851. The summed E-state index contributed by atoms with van der Waals surface area (Å²) < 4.78 is 1.99. The molecule has 2 heterocycles. The molecule has 0 amide bonds. The van der Waals surface area contributed by atoms with Crippen LogP contribution >= 0.6 is 0 Å². The van der Waals surface area contributed by atoms with Crippen molar-refractivity contribution < 1.29 is 0 Å². The Bertz CT molecular complexity index is 559. The monoisotopic (exact) mass is 259 g/mol. The van der Waals surface area contributed by atoms with Crippen molar-refractivity contribution in [2.45, 2.75) is 33.6 Å². The summed E-state index contributed by atoms with van der Waals surface area (Å²) in [4.78, 5) is 13.7. The van der Waals surface area contributed by atoms with Crippen LogP contribution in [0.1, 0.15) is 31.7 Å². The number of hydrogen-bond acceptors (Lipinski definition) is 4. The van der Waals surface area contributed by atoms with E-state index in [0.29, 0.717) is 0 Å². The van der Waals surface area contributed by atoms with Crippen molar-refractivity contribution in [1.82, 2.24) is 19.5 Å². The molecule has 5 heteroatoms. The van der Waals surface area contributed by atoms with Crippen LogP contribution in [0.3, 0.4) is 0 Å². The number of aryl methyl sites for hydroxylation is 2. The fourth-order valence-electron chi connectivity index (χ4n) is 2.05. The van der Waals surface area contributed by atoms with E-state index in [-0.39, 0.29) is 0 Å². The first kappa shape index (κ1) is 13.5. The Kier molecular flexibility index (Phi) is 4.14. The summed E-state index contributed by atoms with van der Waals surface area (Å²) >= 11 is 0. The lowest BCUT2D eigenvalue weighted by Crippen LogP contribution is -2.09. The maximum atomic E-state index is 4.67. The number of nitrogens with zero attached hydrogens (tertiary/aromatic N) is 4. The molecule has 2 aromatic rings. The predicted molar refractivity (Wildman–Crippen MR) is 77.1 cm³/mol. The van der Waals surface area contributed by atoms with Crippen LogP contribution in [-0.2, 0) is 13.5 Å². The van der Waals surface area contributed by atoms with Gasteiger partial charge in [0, 0.05) is 38.0 Å². The molecule has 0 saturated carbocycles. The first-order valence-corrected chi connectivity index (χ1v) is 6.76. The molecule has 102 valence electrons. The van der Waals surface area contributed by atoms with Crippen molar-refractivity contribution in [2.75, 3.05) is 11.9 Å². The summed E-state index contributed by atoms with van der Waals surface area (Å²) in [5, 5.41) is 3.31. The van der Waals surface area contributed by atoms with E-state index in [1.54, 1.807) is 6.20 Å². The molecule has 0 fully saturated rings. The molecule has 1 N–H and O–H groups in total. The fourth-order valence-corrected chi connectivity index (χ4v) is 2.05. The van der Waals surface area contributed by atoms with Gasteiger partial charge in [-0.3, -0.25) is 0 Å². The molecule has 0 aliphatic rings. The van der Waals surface area contributed by atoms with Crippen LogP contribution in [0.5, 0.6) is 0 Å². The average Bonchev–Trinajstić information content (AvgIpc) is 2.80. The molecular formula is C14H21N5. The smallest absolute Gasteiger partial charge is 0.158 e. The topological polar surface area (TPSA) is 55.6 Å². The summed E-state index contributed by atoms with van der Waals surface area (Å²) in [6, 6.07) is 0. The van der Waals surface area contributed by atoms with Crippen molar-refractivity contribution >= 4 is 5.82 Å². The van der Waals surface area contributed by atoms with Gasteiger partial charge in [0.05, 0.1) is 0 Å². The maximum absolute atomic E-state index is 4.67. The van der Waals surface area contributed by atoms with Crippen LogP contribution in [0, 0.1) is 6.92 Å². The second-order valence-corrected chi connectivity index (χ2v) is 4.60. The Morgan fingerprint density at radius 3 is 2.63 bits per heavy atom. The van der Waals surface area contributed by atoms with E-state index in [0.717, 1.165) is 48.1 Å². The van der Waals surface area contributed by atoms with Gasteiger partial charge in [-0.05, 0) is 20.3 Å². The Morgan fingerprint density at radius 2 is 2.05 bits per heavy atom. The normalized spacial score (nSPS) is 10.7. The molecule has 2 rings (SSSR count). The van der Waals surface area contributed by atoms with Crippen molar-refractivity contribution in [3.8, 4) is 11.5 Å². The van der Waals surface area contributed by atoms with Crippen molar-refractivity contribution in [2.24, 2.45) is 7.05 Å². The van der Waals surface area contributed by atoms with Crippen LogP contribution in [0.25, 0.3) is 11.5 Å². The van der Waals surface area contributed by atoms with Gasteiger partial charge in [0.2, 0.25) is 0 Å². The zero-order valence-electron chi connectivity index (χ0n) is 12.1. The number of rotatable bonds is 5. The number of hydrogen-bond donors (Lipinski definition) is 1. The highest BCUT2D eigenvalue weighted by molar-refractivity contribution is 5.63. The van der Waals surface area contributed by atoms with E-state index in [2.05, 4.69) is 34.1 Å². The van der Waals surface area contributed by atoms with Gasteiger partial charge >= 0.3 is 0 Å². The van der Waals surface area contributed by atoms with Crippen LogP contribution in [0.4, 0.5) is 5.82 Å². The van der Waals surface area contributed by atoms with Crippen LogP contribution in [-0.4, -0.2) is 26.1 Å². The largest absolute Gasteiger partial charge is 0.370 e. The third-order valence-corrected chi connectivity index (χ3v) is 3.04. The molecule has 0 spiro atoms. The van der Waals surface area contributed by atoms with Gasteiger partial charge in [-0.1, -0.05) is 6.92 Å². The molecule has 5 nitrogen and oxygen atoms in total. The summed E-state index contributed by atoms with van der Waals surface area (Å²) in [6.07, 6.45) is 5.65. The highest BCUT2D eigenvalue weighted by Gasteiger charge is 2.14. The van der Waals surface area contributed by atoms with Crippen LogP contribution in [0.2, 0.25) is 0 Å². The van der Waals surface area contributed by atoms with Gasteiger partial charge in [-0.15, -0.1) is 0 Å². The second-order valence-electron chi connectivity index (χ2n) is 4.60. The lowest BCUT2D eigenvalue weighted by Gasteiger charge is -2.13. The molecule has 0 unspecified atom stereocenters. The van der Waals surface area contributed by atoms with Crippen molar-refractivity contribution in [3.63, 3.8) is 0 Å². The van der Waals surface area contributed by atoms with E-state index < -0.39 is 0 Å². The Morgan fingerprint density at radius 1 is 1.26 bits per heavy atom. The first-order chi connectivity index (χ1) is 9.17. The summed E-state index contributed by atoms with van der Waals surface area (Å²) in [6.45, 7) is 7.10. The zero-order valence-corrected chi connectivity index (χ0v) is 12.1. The van der Waals surface area contributed by atoms with E-state index in [1.165, 1.54) is 0 Å². The van der Waals surface area contributed by atoms with E-state index in [9.17, 15) is 0 Å². The Balaban J connectivity index is 2.55. The quantitative estimate of drug-likeness (QED) is 0.896. The second kappa shape index (κ2) is 5.82. The minimum atomic E-state index is 0.851. The number of anilines is 1. The van der Waals surface area contributed by atoms with Gasteiger partial charge in [-0.2, -0.15) is 0 Å². The molecule has 0 saturated heterocycles. The summed E-state index contributed by atoms with van der Waals surface area (Å²) in [7, 11) is 1.98. The molecule has 0 radical (unpaired) electrons. The molecule has 0 aliphatic heterocycles. The van der Waals surface area contributed by atoms with Crippen LogP contribution in [0.15, 0.2) is 12.4 Å². The summed E-state index contributed by atoms with van der Waals surface area (Å²) in [5.41, 5.74) is 1.97. The number of aromatic nitrogens is 4. The highest BCUT2D eigenvalue weighted by atomic mass is 15.1. The maximum Gasteiger partial charge on any atom is 0.158 e. The third kappa shape index (κ3) is 2.75. The molecule has 0 aromatic carbocycles. The van der Waals surface area contributed by atoms with E-state index >= 15 is 0 Å². The van der Waals surface area contributed by atoms with E-state index in [1.807, 2.05) is 24.7 Å². The van der Waals surface area contributed by atoms with Gasteiger partial charge in [0.25, 0.3) is 0 Å². The lowest BCUT2D eigenvalue weighted by molar-refractivity contribution is 0.825. The zero-order chi connectivity index (χ0) is 13.8. The molecular weight excluding hydrogens is 238 g/mol. The third-order valence-electron chi connectivity index (χ3n) is 3.04. The number of nitrogens with one attached hydrogen (secondary N) is 1. The standard InChI is InChI=1S/C14H21N5/c1-5-7-11-17-12(14-16-8-9-19(14)4)10(3)13(18-11)15-6-2/h8-9H,5-7H2,1-4H3,(H,15,17,18). The molecule has 0 aliphatic carbocycles.